The molecule has 8 nitrogen and oxygen atoms in total. The van der Waals surface area contributed by atoms with Crippen molar-refractivity contribution >= 4 is 55.4 Å². The van der Waals surface area contributed by atoms with E-state index in [0.717, 1.165) is 45.2 Å². The lowest BCUT2D eigenvalue weighted by Crippen LogP contribution is -2.54. The highest BCUT2D eigenvalue weighted by molar-refractivity contribution is 8.30. The molecule has 1 aliphatic carbocycles. The van der Waals surface area contributed by atoms with Gasteiger partial charge in [0, 0.05) is 29.3 Å². The van der Waals surface area contributed by atoms with Crippen LogP contribution >= 0.6 is 22.1 Å². The summed E-state index contributed by atoms with van der Waals surface area (Å²) in [5, 5.41) is 13.1. The summed E-state index contributed by atoms with van der Waals surface area (Å²) >= 11 is 5.87. The largest absolute Gasteiger partial charge is 0.345 e. The van der Waals surface area contributed by atoms with Gasteiger partial charge in [0.05, 0.1) is 6.04 Å². The number of rotatable bonds is 4. The minimum absolute atomic E-state index is 0.140. The highest BCUT2D eigenvalue weighted by Crippen LogP contribution is 2.28. The van der Waals surface area contributed by atoms with Crippen LogP contribution in [0.25, 0.3) is 0 Å². The summed E-state index contributed by atoms with van der Waals surface area (Å²) in [5.41, 5.74) is 0.493. The molecule has 178 valence electrons. The van der Waals surface area contributed by atoms with Crippen molar-refractivity contribution in [3.63, 3.8) is 0 Å². The van der Waals surface area contributed by atoms with Gasteiger partial charge in [-0.05, 0) is 61.2 Å². The third-order valence-electron chi connectivity index (χ3n) is 6.37. The van der Waals surface area contributed by atoms with E-state index in [1.165, 1.54) is 4.86 Å². The van der Waals surface area contributed by atoms with Gasteiger partial charge in [-0.1, -0.05) is 30.9 Å². The fraction of sp³-hybridized carbons (Fsp3) is 0.522. The molecule has 2 heterocycles. The number of piperidine rings is 1. The van der Waals surface area contributed by atoms with Gasteiger partial charge in [-0.25, -0.2) is 0 Å². The average molecular weight is 492 g/mol. The van der Waals surface area contributed by atoms with E-state index >= 15 is 0 Å². The van der Waals surface area contributed by atoms with Crippen LogP contribution in [0.1, 0.15) is 38.5 Å². The van der Waals surface area contributed by atoms with Crippen molar-refractivity contribution in [1.82, 2.24) is 16.0 Å². The van der Waals surface area contributed by atoms with Crippen molar-refractivity contribution in [2.24, 2.45) is 4.99 Å². The zero-order valence-corrected chi connectivity index (χ0v) is 20.2. The van der Waals surface area contributed by atoms with Gasteiger partial charge in [0.2, 0.25) is 0 Å². The molecule has 1 aromatic rings. The molecule has 0 spiro atoms. The van der Waals surface area contributed by atoms with Crippen LogP contribution in [-0.4, -0.2) is 65.1 Å². The van der Waals surface area contributed by atoms with Crippen LogP contribution in [0.5, 0.6) is 0 Å². The Labute approximate surface area is 201 Å². The molecule has 1 saturated heterocycles. The molecule has 1 saturated carbocycles. The number of carbonyl (C=O) groups is 3. The SMILES string of the molecule is CS1=C2CNCCC2N=C1C(=O)N[C@@H]1CCCCC[C@H]1NC(=O)C(=O)Nc1ccc(Cl)cc1. The first kappa shape index (κ1) is 23.9. The summed E-state index contributed by atoms with van der Waals surface area (Å²) in [7, 11) is -0.288. The fourth-order valence-electron chi connectivity index (χ4n) is 4.56. The summed E-state index contributed by atoms with van der Waals surface area (Å²) in [4.78, 5) is 44.2. The van der Waals surface area contributed by atoms with E-state index in [9.17, 15) is 14.4 Å². The van der Waals surface area contributed by atoms with Crippen molar-refractivity contribution in [1.29, 1.82) is 0 Å². The van der Waals surface area contributed by atoms with Crippen molar-refractivity contribution < 1.29 is 14.4 Å². The number of hydrogen-bond donors (Lipinski definition) is 4. The minimum atomic E-state index is -0.741. The molecule has 4 N–H and O–H groups in total. The van der Waals surface area contributed by atoms with Crippen LogP contribution in [0, 0.1) is 0 Å². The molecule has 1 aromatic carbocycles. The quantitative estimate of drug-likeness (QED) is 0.293. The summed E-state index contributed by atoms with van der Waals surface area (Å²) in [6, 6.07) is 6.15. The van der Waals surface area contributed by atoms with Gasteiger partial charge in [-0.3, -0.25) is 19.4 Å². The number of fused-ring (bicyclic) bond motifs is 1. The van der Waals surface area contributed by atoms with Crippen molar-refractivity contribution in [3.8, 4) is 0 Å². The van der Waals surface area contributed by atoms with Gasteiger partial charge >= 0.3 is 11.8 Å². The number of amides is 3. The second-order valence-electron chi connectivity index (χ2n) is 8.65. The zero-order valence-electron chi connectivity index (χ0n) is 18.7. The first-order chi connectivity index (χ1) is 15.9. The molecule has 2 fully saturated rings. The maximum atomic E-state index is 13.1. The third-order valence-corrected chi connectivity index (χ3v) is 8.70. The van der Waals surface area contributed by atoms with Crippen LogP contribution in [-0.2, 0) is 14.4 Å². The lowest BCUT2D eigenvalue weighted by Gasteiger charge is -2.27. The van der Waals surface area contributed by atoms with Gasteiger partial charge < -0.3 is 21.3 Å². The number of nitrogens with one attached hydrogen (secondary N) is 4. The van der Waals surface area contributed by atoms with E-state index in [2.05, 4.69) is 27.5 Å². The maximum absolute atomic E-state index is 13.1. The molecular formula is C23H30ClN5O3S. The molecule has 2 aliphatic heterocycles. The number of carbonyl (C=O) groups excluding carboxylic acids is 3. The Bertz CT molecular complexity index is 994. The monoisotopic (exact) mass is 491 g/mol. The Kier molecular flexibility index (Phi) is 7.82. The number of halogens is 1. The molecule has 3 aliphatic rings. The van der Waals surface area contributed by atoms with E-state index < -0.39 is 11.8 Å². The maximum Gasteiger partial charge on any atom is 0.313 e. The molecule has 0 bridgehead atoms. The first-order valence-corrected chi connectivity index (χ1v) is 13.4. The first-order valence-electron chi connectivity index (χ1n) is 11.4. The highest BCUT2D eigenvalue weighted by Gasteiger charge is 2.33. The summed E-state index contributed by atoms with van der Waals surface area (Å²) in [5.74, 6) is -1.61. The number of benzene rings is 1. The smallest absolute Gasteiger partial charge is 0.313 e. The van der Waals surface area contributed by atoms with Gasteiger partial charge in [0.15, 0.2) is 5.04 Å². The molecular weight excluding hydrogens is 462 g/mol. The Hall–Kier alpha value is -2.23. The highest BCUT2D eigenvalue weighted by atomic mass is 35.5. The Morgan fingerprint density at radius 2 is 1.70 bits per heavy atom. The van der Waals surface area contributed by atoms with E-state index in [1.54, 1.807) is 24.3 Å². The number of nitrogens with zero attached hydrogens (tertiary/aromatic N) is 1. The molecule has 3 amide bonds. The van der Waals surface area contributed by atoms with E-state index in [-0.39, 0.29) is 34.5 Å². The number of hydrogen-bond acceptors (Lipinski definition) is 5. The predicted molar refractivity (Wildman–Crippen MR) is 134 cm³/mol. The van der Waals surface area contributed by atoms with Gasteiger partial charge in [-0.15, -0.1) is 10.5 Å². The summed E-state index contributed by atoms with van der Waals surface area (Å²) < 4.78 is 0. The van der Waals surface area contributed by atoms with Crippen LogP contribution < -0.4 is 21.3 Å². The van der Waals surface area contributed by atoms with Crippen molar-refractivity contribution in [2.45, 2.75) is 56.7 Å². The van der Waals surface area contributed by atoms with Gasteiger partial charge in [-0.2, -0.15) is 0 Å². The molecule has 2 unspecified atom stereocenters. The zero-order chi connectivity index (χ0) is 23.4. The average Bonchev–Trinajstić information content (AvgIpc) is 2.99. The molecule has 33 heavy (non-hydrogen) atoms. The standard InChI is InChI=1S/C23H30ClN5O3S/c1-33-19-13-25-12-11-18(19)29-23(33)22(32)28-17-6-4-2-3-5-16(17)27-21(31)20(30)26-15-9-7-14(24)8-10-15/h7-10,16-18,25H,2-6,11-13H2,1H3,(H,26,30)(H,27,31)(H,28,32)/t16-,17-,18?,33?/m1/s1. The predicted octanol–water partition coefficient (Wildman–Crippen LogP) is 2.06. The normalized spacial score (nSPS) is 27.1. The van der Waals surface area contributed by atoms with Gasteiger partial charge in [0.1, 0.15) is 0 Å². The Morgan fingerprint density at radius 3 is 2.39 bits per heavy atom. The summed E-state index contributed by atoms with van der Waals surface area (Å²) in [6.45, 7) is 1.73. The van der Waals surface area contributed by atoms with Crippen molar-refractivity contribution in [2.75, 3.05) is 24.7 Å². The van der Waals surface area contributed by atoms with E-state index in [4.69, 9.17) is 16.6 Å². The second kappa shape index (κ2) is 10.8. The molecule has 0 radical (unpaired) electrons. The lowest BCUT2D eigenvalue weighted by atomic mass is 10.0. The minimum Gasteiger partial charge on any atom is -0.345 e. The molecule has 4 atom stereocenters. The van der Waals surface area contributed by atoms with Crippen LogP contribution in [0.3, 0.4) is 0 Å². The van der Waals surface area contributed by atoms with Crippen LogP contribution in [0.2, 0.25) is 5.02 Å². The number of aliphatic imine (C=N–C) groups is 1. The third kappa shape index (κ3) is 5.83. The Balaban J connectivity index is 1.40. The molecule has 4 rings (SSSR count). The summed E-state index contributed by atoms with van der Waals surface area (Å²) in [6.07, 6.45) is 7.37. The van der Waals surface area contributed by atoms with E-state index in [1.807, 2.05) is 0 Å². The van der Waals surface area contributed by atoms with Crippen molar-refractivity contribution in [3.05, 3.63) is 29.3 Å². The molecule has 0 aromatic heterocycles. The number of anilines is 1. The van der Waals surface area contributed by atoms with Crippen LogP contribution in [0.15, 0.2) is 29.3 Å². The van der Waals surface area contributed by atoms with E-state index in [0.29, 0.717) is 22.2 Å². The lowest BCUT2D eigenvalue weighted by molar-refractivity contribution is -0.136. The fourth-order valence-corrected chi connectivity index (χ4v) is 6.45. The molecule has 10 heteroatoms. The van der Waals surface area contributed by atoms with Crippen LogP contribution in [0.4, 0.5) is 5.69 Å². The Morgan fingerprint density at radius 1 is 1.00 bits per heavy atom. The second-order valence-corrected chi connectivity index (χ2v) is 11.0. The van der Waals surface area contributed by atoms with Gasteiger partial charge in [0.25, 0.3) is 5.91 Å². The topological polar surface area (TPSA) is 112 Å².